The molecule has 0 aromatic rings. The van der Waals surface area contributed by atoms with Crippen molar-refractivity contribution in [2.75, 3.05) is 66.1 Å². The van der Waals surface area contributed by atoms with Gasteiger partial charge in [0.1, 0.15) is 73.2 Å². The fourth-order valence-corrected chi connectivity index (χ4v) is 7.48. The Balaban J connectivity index is 2.04. The summed E-state index contributed by atoms with van der Waals surface area (Å²) in [6.45, 7) is 17.4. The number of hydrogen-bond acceptors (Lipinski definition) is 16. The first kappa shape index (κ1) is 55.7. The molecule has 4 N–H and O–H groups in total. The maximum Gasteiger partial charge on any atom is 0.187 e. The van der Waals surface area contributed by atoms with E-state index in [1.54, 1.807) is 0 Å². The van der Waals surface area contributed by atoms with Crippen molar-refractivity contribution in [3.8, 4) is 0 Å². The van der Waals surface area contributed by atoms with Crippen LogP contribution in [0, 0.1) is 0 Å². The van der Waals surface area contributed by atoms with Gasteiger partial charge in [0.2, 0.25) is 0 Å². The van der Waals surface area contributed by atoms with Crippen LogP contribution in [0.1, 0.15) is 138 Å². The number of hydrogen-bond donors (Lipinski definition) is 4. The van der Waals surface area contributed by atoms with E-state index in [2.05, 4.69) is 34.6 Å². The van der Waals surface area contributed by atoms with Crippen molar-refractivity contribution in [1.82, 2.24) is 0 Å². The number of aliphatic hydroxyl groups excluding tert-OH is 4. The quantitative estimate of drug-likeness (QED) is 0.0607. The van der Waals surface area contributed by atoms with E-state index in [4.69, 9.17) is 56.8 Å². The maximum absolute atomic E-state index is 12.5. The fraction of sp³-hybridized carbons (Fsp3) is 1.00. The van der Waals surface area contributed by atoms with Crippen LogP contribution in [-0.2, 0) is 56.8 Å². The van der Waals surface area contributed by atoms with Gasteiger partial charge < -0.3 is 77.3 Å². The zero-order valence-electron chi connectivity index (χ0n) is 39.3. The molecule has 3 aliphatic rings. The summed E-state index contributed by atoms with van der Waals surface area (Å²) >= 11 is 0. The Hall–Kier alpha value is -0.640. The standard InChI is InChI=1S/C46H88O16/c1-8-15-22-51-29-32-35(47)36(48)40(54-25-18-11-4)45(59-32)61-38-33(30-52-23-16-9-2)60-46(41(37(38)49)55-26-19-12-5)62-39-34(31-53-24-17-10-3)58-44(50)43(57-28-21-14-7)42(39)56-27-20-13-6/h32-50H,8-31H2,1-7H3/t32?,33?,34-,35-,36-,37?,38-,39+,40?,41-,42?,43?,44+,45+,46-/m0/s1. The van der Waals surface area contributed by atoms with Crippen LogP contribution in [0.4, 0.5) is 0 Å². The summed E-state index contributed by atoms with van der Waals surface area (Å²) in [6, 6.07) is 0. The van der Waals surface area contributed by atoms with Crippen molar-refractivity contribution < 1.29 is 77.3 Å². The van der Waals surface area contributed by atoms with E-state index in [-0.39, 0.29) is 19.8 Å². The zero-order valence-corrected chi connectivity index (χ0v) is 39.3. The molecule has 62 heavy (non-hydrogen) atoms. The van der Waals surface area contributed by atoms with Crippen LogP contribution < -0.4 is 0 Å². The van der Waals surface area contributed by atoms with E-state index in [9.17, 15) is 20.4 Å². The average Bonchev–Trinajstić information content (AvgIpc) is 3.26. The summed E-state index contributed by atoms with van der Waals surface area (Å²) in [7, 11) is 0. The summed E-state index contributed by atoms with van der Waals surface area (Å²) in [6.07, 6.45) is -4.45. The van der Waals surface area contributed by atoms with Gasteiger partial charge in [0.15, 0.2) is 18.9 Å². The molecule has 3 heterocycles. The molecule has 3 rings (SSSR count). The Kier molecular flexibility index (Phi) is 29.6. The molecule has 0 aromatic heterocycles. The lowest BCUT2D eigenvalue weighted by atomic mass is 9.95. The van der Waals surface area contributed by atoms with Gasteiger partial charge in [-0.3, -0.25) is 0 Å². The highest BCUT2D eigenvalue weighted by Gasteiger charge is 2.55. The molecule has 3 fully saturated rings. The molecule has 0 radical (unpaired) electrons. The predicted octanol–water partition coefficient (Wildman–Crippen LogP) is 5.20. The molecule has 368 valence electrons. The molecule has 3 aliphatic heterocycles. The third-order valence-corrected chi connectivity index (χ3v) is 11.5. The molecule has 0 aliphatic carbocycles. The Morgan fingerprint density at radius 3 is 1.16 bits per heavy atom. The molecule has 15 atom stereocenters. The highest BCUT2D eigenvalue weighted by molar-refractivity contribution is 4.98. The normalized spacial score (nSPS) is 34.2. The van der Waals surface area contributed by atoms with Gasteiger partial charge in [-0.25, -0.2) is 0 Å². The first-order chi connectivity index (χ1) is 30.2. The van der Waals surface area contributed by atoms with Gasteiger partial charge >= 0.3 is 0 Å². The number of rotatable bonds is 35. The van der Waals surface area contributed by atoms with Crippen molar-refractivity contribution in [3.05, 3.63) is 0 Å². The third kappa shape index (κ3) is 18.2. The minimum absolute atomic E-state index is 0.0225. The SMILES string of the molecule is CCCCOCC1O[C@@H](O[C@H]2C(OCCCC)C(OCCCC)[C@H](O)O[C@H]2COCCCC)[C@@H](OCCCC)C(O)[C@H]1O[C@H]1OC(COCCCC)[C@H](O)[C@H](O)C1OCCCC. The summed E-state index contributed by atoms with van der Waals surface area (Å²) in [5, 5.41) is 46.5. The average molecular weight is 897 g/mol. The van der Waals surface area contributed by atoms with Crippen molar-refractivity contribution >= 4 is 0 Å². The monoisotopic (exact) mass is 897 g/mol. The predicted molar refractivity (Wildman–Crippen MR) is 232 cm³/mol. The Morgan fingerprint density at radius 1 is 0.339 bits per heavy atom. The number of ether oxygens (including phenoxy) is 12. The second kappa shape index (κ2) is 32.9. The van der Waals surface area contributed by atoms with Crippen molar-refractivity contribution in [2.45, 2.75) is 230 Å². The van der Waals surface area contributed by atoms with Crippen LogP contribution in [-0.4, -0.2) is 179 Å². The van der Waals surface area contributed by atoms with Crippen LogP contribution in [0.25, 0.3) is 0 Å². The molecule has 0 amide bonds. The molecule has 16 heteroatoms. The largest absolute Gasteiger partial charge is 0.387 e. The summed E-state index contributed by atoms with van der Waals surface area (Å²) in [4.78, 5) is 0. The smallest absolute Gasteiger partial charge is 0.187 e. The molecule has 0 spiro atoms. The minimum Gasteiger partial charge on any atom is -0.387 e. The van der Waals surface area contributed by atoms with Gasteiger partial charge in [-0.1, -0.05) is 93.4 Å². The lowest BCUT2D eigenvalue weighted by molar-refractivity contribution is -0.386. The van der Waals surface area contributed by atoms with Gasteiger partial charge in [0.25, 0.3) is 0 Å². The molecule has 0 saturated carbocycles. The second-order valence-corrected chi connectivity index (χ2v) is 16.9. The van der Waals surface area contributed by atoms with Crippen molar-refractivity contribution in [1.29, 1.82) is 0 Å². The van der Waals surface area contributed by atoms with Crippen molar-refractivity contribution in [3.63, 3.8) is 0 Å². The zero-order chi connectivity index (χ0) is 45.1. The van der Waals surface area contributed by atoms with Crippen LogP contribution in [0.2, 0.25) is 0 Å². The molecule has 0 aromatic carbocycles. The Morgan fingerprint density at radius 2 is 0.694 bits per heavy atom. The van der Waals surface area contributed by atoms with E-state index >= 15 is 0 Å². The van der Waals surface area contributed by atoms with E-state index in [1.807, 2.05) is 13.8 Å². The highest BCUT2D eigenvalue weighted by Crippen LogP contribution is 2.36. The molecular formula is C46H88O16. The van der Waals surface area contributed by atoms with Crippen molar-refractivity contribution in [2.24, 2.45) is 0 Å². The van der Waals surface area contributed by atoms with Gasteiger partial charge in [0.05, 0.1) is 19.8 Å². The first-order valence-electron chi connectivity index (χ1n) is 24.4. The van der Waals surface area contributed by atoms with Gasteiger partial charge in [-0.15, -0.1) is 0 Å². The molecule has 0 bridgehead atoms. The topological polar surface area (TPSA) is 192 Å². The minimum atomic E-state index is -1.37. The summed E-state index contributed by atoms with van der Waals surface area (Å²) < 4.78 is 76.5. The van der Waals surface area contributed by atoms with Gasteiger partial charge in [0, 0.05) is 46.2 Å². The number of unbranched alkanes of at least 4 members (excludes halogenated alkanes) is 7. The van der Waals surface area contributed by atoms with Crippen LogP contribution in [0.5, 0.6) is 0 Å². The van der Waals surface area contributed by atoms with E-state index < -0.39 is 92.1 Å². The van der Waals surface area contributed by atoms with Gasteiger partial charge in [-0.05, 0) is 44.9 Å². The first-order valence-corrected chi connectivity index (χ1v) is 24.4. The lowest BCUT2D eigenvalue weighted by Gasteiger charge is -2.50. The maximum atomic E-state index is 12.5. The molecule has 3 saturated heterocycles. The fourth-order valence-electron chi connectivity index (χ4n) is 7.48. The van der Waals surface area contributed by atoms with E-state index in [0.717, 1.165) is 77.0 Å². The molecule has 16 nitrogen and oxygen atoms in total. The lowest BCUT2D eigenvalue weighted by Crippen LogP contribution is -2.67. The molecular weight excluding hydrogens is 808 g/mol. The van der Waals surface area contributed by atoms with E-state index in [0.29, 0.717) is 59.1 Å². The Bertz CT molecular complexity index is 1070. The van der Waals surface area contributed by atoms with Crippen LogP contribution in [0.3, 0.4) is 0 Å². The second-order valence-electron chi connectivity index (χ2n) is 16.9. The van der Waals surface area contributed by atoms with Crippen LogP contribution >= 0.6 is 0 Å². The number of aliphatic hydroxyl groups is 4. The highest BCUT2D eigenvalue weighted by atomic mass is 16.8. The summed E-state index contributed by atoms with van der Waals surface area (Å²) in [5.74, 6) is 0. The summed E-state index contributed by atoms with van der Waals surface area (Å²) in [5.41, 5.74) is 0. The van der Waals surface area contributed by atoms with Gasteiger partial charge in [-0.2, -0.15) is 0 Å². The van der Waals surface area contributed by atoms with E-state index in [1.165, 1.54) is 0 Å². The molecule has 6 unspecified atom stereocenters. The Labute approximate surface area is 373 Å². The van der Waals surface area contributed by atoms with Crippen LogP contribution in [0.15, 0.2) is 0 Å². The third-order valence-electron chi connectivity index (χ3n) is 11.5.